The van der Waals surface area contributed by atoms with Crippen LogP contribution in [0.5, 0.6) is 0 Å². The summed E-state index contributed by atoms with van der Waals surface area (Å²) in [5.74, 6) is 1.46. The molecule has 1 aliphatic heterocycles. The second-order valence-corrected chi connectivity index (χ2v) is 6.65. The van der Waals surface area contributed by atoms with Gasteiger partial charge in [0.05, 0.1) is 5.69 Å². The molecule has 0 N–H and O–H groups in total. The van der Waals surface area contributed by atoms with Crippen LogP contribution in [-0.4, -0.2) is 27.4 Å². The molecule has 0 aromatic carbocycles. The fraction of sp³-hybridized carbons (Fsp3) is 0.571. The Balaban J connectivity index is 1.83. The lowest BCUT2D eigenvalue weighted by Gasteiger charge is -2.34. The van der Waals surface area contributed by atoms with Gasteiger partial charge in [-0.3, -0.25) is 14.1 Å². The average molecular weight is 277 g/mol. The van der Waals surface area contributed by atoms with Crippen molar-refractivity contribution in [3.8, 4) is 0 Å². The van der Waals surface area contributed by atoms with Crippen LogP contribution in [0.1, 0.15) is 26.0 Å². The maximum atomic E-state index is 11.9. The van der Waals surface area contributed by atoms with Crippen LogP contribution in [0, 0.1) is 11.8 Å². The van der Waals surface area contributed by atoms with Gasteiger partial charge in [-0.2, -0.15) is 0 Å². The van der Waals surface area contributed by atoms with E-state index in [1.54, 1.807) is 16.7 Å². The van der Waals surface area contributed by atoms with Gasteiger partial charge in [-0.05, 0) is 18.3 Å². The van der Waals surface area contributed by atoms with Crippen LogP contribution in [0.2, 0.25) is 0 Å². The zero-order valence-corrected chi connectivity index (χ0v) is 12.2. The maximum Gasteiger partial charge on any atom is 0.258 e. The van der Waals surface area contributed by atoms with Gasteiger partial charge in [0.15, 0.2) is 4.96 Å². The highest BCUT2D eigenvalue weighted by molar-refractivity contribution is 7.15. The molecule has 0 spiro atoms. The first-order chi connectivity index (χ1) is 9.11. The van der Waals surface area contributed by atoms with E-state index in [0.29, 0.717) is 0 Å². The molecule has 0 unspecified atom stereocenters. The van der Waals surface area contributed by atoms with Gasteiger partial charge >= 0.3 is 0 Å². The van der Waals surface area contributed by atoms with Gasteiger partial charge in [0, 0.05) is 37.3 Å². The van der Waals surface area contributed by atoms with Crippen molar-refractivity contribution >= 4 is 16.3 Å². The van der Waals surface area contributed by atoms with Crippen molar-refractivity contribution in [1.82, 2.24) is 14.3 Å². The summed E-state index contributed by atoms with van der Waals surface area (Å²) in [6.07, 6.45) is 3.08. The van der Waals surface area contributed by atoms with Crippen LogP contribution in [-0.2, 0) is 6.54 Å². The van der Waals surface area contributed by atoms with Crippen LogP contribution in [0.3, 0.4) is 0 Å². The monoisotopic (exact) mass is 277 g/mol. The normalized spacial score (nSPS) is 24.9. The van der Waals surface area contributed by atoms with Gasteiger partial charge in [0.1, 0.15) is 0 Å². The highest BCUT2D eigenvalue weighted by atomic mass is 32.1. The number of likely N-dealkylation sites (tertiary alicyclic amines) is 1. The third kappa shape index (κ3) is 2.72. The van der Waals surface area contributed by atoms with E-state index in [4.69, 9.17) is 0 Å². The predicted octanol–water partition coefficient (Wildman–Crippen LogP) is 2.23. The average Bonchev–Trinajstić information content (AvgIpc) is 2.75. The van der Waals surface area contributed by atoms with Crippen LogP contribution in [0.15, 0.2) is 22.4 Å². The minimum Gasteiger partial charge on any atom is -0.297 e. The van der Waals surface area contributed by atoms with Gasteiger partial charge < -0.3 is 0 Å². The number of nitrogens with zero attached hydrogens (tertiary/aromatic N) is 3. The first-order valence-electron chi connectivity index (χ1n) is 6.80. The summed E-state index contributed by atoms with van der Waals surface area (Å²) in [7, 11) is 0. The Morgan fingerprint density at radius 1 is 1.37 bits per heavy atom. The van der Waals surface area contributed by atoms with Crippen molar-refractivity contribution in [2.24, 2.45) is 11.8 Å². The van der Waals surface area contributed by atoms with E-state index >= 15 is 0 Å². The first-order valence-corrected chi connectivity index (χ1v) is 7.68. The SMILES string of the molecule is C[C@@H]1C[C@H](C)CN(Cc2cc(=O)n3ccsc3n2)C1. The van der Waals surface area contributed by atoms with Crippen LogP contribution in [0.4, 0.5) is 0 Å². The summed E-state index contributed by atoms with van der Waals surface area (Å²) >= 11 is 1.51. The molecule has 0 aliphatic carbocycles. The third-order valence-electron chi connectivity index (χ3n) is 3.69. The Bertz CT molecular complexity index is 623. The van der Waals surface area contributed by atoms with Crippen LogP contribution < -0.4 is 5.56 Å². The van der Waals surface area contributed by atoms with E-state index in [2.05, 4.69) is 23.7 Å². The molecule has 4 nitrogen and oxygen atoms in total. The number of thiazole rings is 1. The molecule has 5 heteroatoms. The van der Waals surface area contributed by atoms with Crippen molar-refractivity contribution in [3.63, 3.8) is 0 Å². The second kappa shape index (κ2) is 5.06. The second-order valence-electron chi connectivity index (χ2n) is 5.78. The summed E-state index contributed by atoms with van der Waals surface area (Å²) in [6.45, 7) is 7.60. The van der Waals surface area contributed by atoms with Crippen molar-refractivity contribution in [2.75, 3.05) is 13.1 Å². The van der Waals surface area contributed by atoms with E-state index in [1.807, 2.05) is 5.38 Å². The highest BCUT2D eigenvalue weighted by Gasteiger charge is 2.22. The molecular formula is C14H19N3OS. The van der Waals surface area contributed by atoms with Crippen molar-refractivity contribution < 1.29 is 0 Å². The summed E-state index contributed by atoms with van der Waals surface area (Å²) in [5.41, 5.74) is 0.924. The lowest BCUT2D eigenvalue weighted by Crippen LogP contribution is -2.38. The molecule has 102 valence electrons. The van der Waals surface area contributed by atoms with Crippen molar-refractivity contribution in [2.45, 2.75) is 26.8 Å². The smallest absolute Gasteiger partial charge is 0.258 e. The molecule has 0 saturated carbocycles. The Kier molecular flexibility index (Phi) is 3.41. The summed E-state index contributed by atoms with van der Waals surface area (Å²) in [5, 5.41) is 1.90. The predicted molar refractivity (Wildman–Crippen MR) is 77.6 cm³/mol. The summed E-state index contributed by atoms with van der Waals surface area (Å²) < 4.78 is 1.61. The molecule has 1 aliphatic rings. The summed E-state index contributed by atoms with van der Waals surface area (Å²) in [6, 6.07) is 1.67. The molecule has 3 rings (SSSR count). The lowest BCUT2D eigenvalue weighted by atomic mass is 9.92. The molecule has 0 radical (unpaired) electrons. The van der Waals surface area contributed by atoms with E-state index in [1.165, 1.54) is 17.8 Å². The first kappa shape index (κ1) is 12.8. The van der Waals surface area contributed by atoms with Crippen molar-refractivity contribution in [1.29, 1.82) is 0 Å². The molecule has 2 atom stereocenters. The molecule has 19 heavy (non-hydrogen) atoms. The Morgan fingerprint density at radius 2 is 2.11 bits per heavy atom. The van der Waals surface area contributed by atoms with Crippen LogP contribution >= 0.6 is 11.3 Å². The molecule has 1 fully saturated rings. The number of fused-ring (bicyclic) bond motifs is 1. The fourth-order valence-electron chi connectivity index (χ4n) is 3.12. The number of rotatable bonds is 2. The van der Waals surface area contributed by atoms with E-state index in [9.17, 15) is 4.79 Å². The number of hydrogen-bond donors (Lipinski definition) is 0. The minimum absolute atomic E-state index is 0.0272. The van der Waals surface area contributed by atoms with Gasteiger partial charge in [-0.1, -0.05) is 13.8 Å². The molecule has 0 bridgehead atoms. The number of piperidine rings is 1. The van der Waals surface area contributed by atoms with Gasteiger partial charge in [-0.25, -0.2) is 4.98 Å². The standard InChI is InChI=1S/C14H19N3OS/c1-10-5-11(2)8-16(7-10)9-12-6-13(18)17-3-4-19-14(17)15-12/h3-4,6,10-11H,5,7-9H2,1-2H3/t10-,11+. The lowest BCUT2D eigenvalue weighted by molar-refractivity contribution is 0.133. The van der Waals surface area contributed by atoms with E-state index in [-0.39, 0.29) is 5.56 Å². The van der Waals surface area contributed by atoms with Gasteiger partial charge in [-0.15, -0.1) is 11.3 Å². The van der Waals surface area contributed by atoms with Gasteiger partial charge in [0.2, 0.25) is 0 Å². The molecular weight excluding hydrogens is 258 g/mol. The van der Waals surface area contributed by atoms with E-state index in [0.717, 1.165) is 42.1 Å². The molecule has 2 aromatic heterocycles. The zero-order chi connectivity index (χ0) is 13.4. The zero-order valence-electron chi connectivity index (χ0n) is 11.4. The number of aromatic nitrogens is 2. The third-order valence-corrected chi connectivity index (χ3v) is 4.44. The van der Waals surface area contributed by atoms with Crippen molar-refractivity contribution in [3.05, 3.63) is 33.7 Å². The van der Waals surface area contributed by atoms with Gasteiger partial charge in [0.25, 0.3) is 5.56 Å². The van der Waals surface area contributed by atoms with Crippen LogP contribution in [0.25, 0.3) is 4.96 Å². The Morgan fingerprint density at radius 3 is 2.84 bits per heavy atom. The molecule has 0 amide bonds. The molecule has 2 aromatic rings. The Hall–Kier alpha value is -1.20. The largest absolute Gasteiger partial charge is 0.297 e. The number of hydrogen-bond acceptors (Lipinski definition) is 4. The topological polar surface area (TPSA) is 37.6 Å². The minimum atomic E-state index is 0.0272. The quantitative estimate of drug-likeness (QED) is 0.845. The highest BCUT2D eigenvalue weighted by Crippen LogP contribution is 2.22. The maximum absolute atomic E-state index is 11.9. The molecule has 3 heterocycles. The molecule has 1 saturated heterocycles. The fourth-order valence-corrected chi connectivity index (χ4v) is 3.86. The Labute approximate surface area is 116 Å². The van der Waals surface area contributed by atoms with E-state index < -0.39 is 0 Å². The summed E-state index contributed by atoms with van der Waals surface area (Å²) in [4.78, 5) is 19.7.